The second-order valence-corrected chi connectivity index (χ2v) is 6.71. The number of likely N-dealkylation sites (N-methyl/N-ethyl adjacent to an activating group) is 1. The molecule has 0 bridgehead atoms. The monoisotopic (exact) mass is 292 g/mol. The number of likely N-dealkylation sites (tertiary alicyclic amines) is 1. The maximum atomic E-state index is 12.6. The quantitative estimate of drug-likeness (QED) is 0.915. The van der Waals surface area contributed by atoms with E-state index in [2.05, 4.69) is 10.2 Å². The van der Waals surface area contributed by atoms with Crippen LogP contribution in [0.5, 0.6) is 0 Å². The van der Waals surface area contributed by atoms with Gasteiger partial charge in [0, 0.05) is 37.3 Å². The van der Waals surface area contributed by atoms with Gasteiger partial charge in [-0.2, -0.15) is 5.10 Å². The van der Waals surface area contributed by atoms with E-state index in [0.29, 0.717) is 13.1 Å². The minimum absolute atomic E-state index is 0.00583. The van der Waals surface area contributed by atoms with Crippen molar-refractivity contribution in [2.75, 3.05) is 13.6 Å². The number of H-pyrrole nitrogens is 1. The third-order valence-corrected chi connectivity index (χ3v) is 3.79. The zero-order valence-electron chi connectivity index (χ0n) is 13.2. The van der Waals surface area contributed by atoms with Crippen LogP contribution in [-0.2, 0) is 16.1 Å². The summed E-state index contributed by atoms with van der Waals surface area (Å²) >= 11 is 0. The molecule has 1 unspecified atom stereocenters. The molecule has 1 fully saturated rings. The molecule has 1 aliphatic heterocycles. The van der Waals surface area contributed by atoms with E-state index in [0.717, 1.165) is 18.4 Å². The van der Waals surface area contributed by atoms with Gasteiger partial charge in [-0.25, -0.2) is 0 Å². The van der Waals surface area contributed by atoms with Crippen LogP contribution in [-0.4, -0.2) is 51.4 Å². The Kier molecular flexibility index (Phi) is 4.34. The molecular formula is C15H24N4O2. The summed E-state index contributed by atoms with van der Waals surface area (Å²) in [7, 11) is 1.77. The van der Waals surface area contributed by atoms with Gasteiger partial charge in [0.2, 0.25) is 11.8 Å². The number of hydrogen-bond acceptors (Lipinski definition) is 3. The van der Waals surface area contributed by atoms with E-state index in [1.54, 1.807) is 29.2 Å². The van der Waals surface area contributed by atoms with Crippen LogP contribution in [0.4, 0.5) is 0 Å². The van der Waals surface area contributed by atoms with E-state index in [1.807, 2.05) is 20.8 Å². The van der Waals surface area contributed by atoms with Gasteiger partial charge in [0.1, 0.15) is 6.04 Å². The van der Waals surface area contributed by atoms with Crippen molar-refractivity contribution in [3.8, 4) is 0 Å². The highest BCUT2D eigenvalue weighted by molar-refractivity contribution is 5.90. The molecule has 1 aromatic rings. The van der Waals surface area contributed by atoms with E-state index in [4.69, 9.17) is 0 Å². The van der Waals surface area contributed by atoms with Gasteiger partial charge in [0.15, 0.2) is 0 Å². The molecule has 0 aromatic carbocycles. The number of aromatic nitrogens is 2. The SMILES string of the molecule is CN(Cc1cn[nH]c1)C(=O)C1CCCN1C(=O)C(C)(C)C. The van der Waals surface area contributed by atoms with E-state index < -0.39 is 5.41 Å². The van der Waals surface area contributed by atoms with Crippen LogP contribution in [0.3, 0.4) is 0 Å². The standard InChI is InChI=1S/C15H24N4O2/c1-15(2,3)14(21)19-7-5-6-12(19)13(20)18(4)10-11-8-16-17-9-11/h8-9,12H,5-7,10H2,1-4H3,(H,16,17). The van der Waals surface area contributed by atoms with E-state index >= 15 is 0 Å². The van der Waals surface area contributed by atoms with E-state index in [1.165, 1.54) is 0 Å². The van der Waals surface area contributed by atoms with Gasteiger partial charge in [0.25, 0.3) is 0 Å². The Morgan fingerprint density at radius 3 is 2.76 bits per heavy atom. The number of rotatable bonds is 3. The summed E-state index contributed by atoms with van der Waals surface area (Å²) in [6.45, 7) is 6.86. The van der Waals surface area contributed by atoms with Crippen molar-refractivity contribution in [3.63, 3.8) is 0 Å². The third kappa shape index (κ3) is 3.43. The van der Waals surface area contributed by atoms with Crippen molar-refractivity contribution < 1.29 is 9.59 Å². The van der Waals surface area contributed by atoms with Gasteiger partial charge in [-0.3, -0.25) is 14.7 Å². The van der Waals surface area contributed by atoms with Crippen LogP contribution >= 0.6 is 0 Å². The average molecular weight is 292 g/mol. The molecule has 0 saturated carbocycles. The van der Waals surface area contributed by atoms with E-state index in [9.17, 15) is 9.59 Å². The summed E-state index contributed by atoms with van der Waals surface area (Å²) in [5, 5.41) is 6.62. The van der Waals surface area contributed by atoms with Gasteiger partial charge >= 0.3 is 0 Å². The first-order chi connectivity index (χ1) is 9.80. The molecule has 2 rings (SSSR count). The first-order valence-electron chi connectivity index (χ1n) is 7.34. The first kappa shape index (κ1) is 15.5. The van der Waals surface area contributed by atoms with Crippen LogP contribution in [0.1, 0.15) is 39.2 Å². The molecule has 6 heteroatoms. The summed E-state index contributed by atoms with van der Waals surface area (Å²) in [6.07, 6.45) is 5.11. The molecule has 1 atom stereocenters. The number of aromatic amines is 1. The molecule has 2 amide bonds. The number of carbonyl (C=O) groups excluding carboxylic acids is 2. The summed E-state index contributed by atoms with van der Waals surface area (Å²) in [5.74, 6) is 0.0568. The van der Waals surface area contributed by atoms with Crippen molar-refractivity contribution in [2.24, 2.45) is 5.41 Å². The van der Waals surface area contributed by atoms with Crippen LogP contribution in [0, 0.1) is 5.41 Å². The van der Waals surface area contributed by atoms with Gasteiger partial charge < -0.3 is 9.80 Å². The highest BCUT2D eigenvalue weighted by Gasteiger charge is 2.39. The second kappa shape index (κ2) is 5.87. The molecule has 1 aliphatic rings. The smallest absolute Gasteiger partial charge is 0.245 e. The fraction of sp³-hybridized carbons (Fsp3) is 0.667. The van der Waals surface area contributed by atoms with Crippen LogP contribution in [0.15, 0.2) is 12.4 Å². The molecule has 1 saturated heterocycles. The summed E-state index contributed by atoms with van der Waals surface area (Å²) < 4.78 is 0. The Labute approximate surface area is 125 Å². The minimum Gasteiger partial charge on any atom is -0.340 e. The number of nitrogens with zero attached hydrogens (tertiary/aromatic N) is 3. The Morgan fingerprint density at radius 1 is 1.48 bits per heavy atom. The zero-order valence-corrected chi connectivity index (χ0v) is 13.2. The summed E-state index contributed by atoms with van der Waals surface area (Å²) in [6, 6.07) is -0.325. The molecule has 0 radical (unpaired) electrons. The number of hydrogen-bond donors (Lipinski definition) is 1. The van der Waals surface area contributed by atoms with Gasteiger partial charge in [0.05, 0.1) is 6.20 Å². The highest BCUT2D eigenvalue weighted by atomic mass is 16.2. The molecular weight excluding hydrogens is 268 g/mol. The second-order valence-electron chi connectivity index (χ2n) is 6.71. The molecule has 2 heterocycles. The van der Waals surface area contributed by atoms with Crippen LogP contribution < -0.4 is 0 Å². The fourth-order valence-electron chi connectivity index (χ4n) is 2.67. The van der Waals surface area contributed by atoms with Crippen molar-refractivity contribution in [1.29, 1.82) is 0 Å². The lowest BCUT2D eigenvalue weighted by Crippen LogP contribution is -2.49. The molecule has 21 heavy (non-hydrogen) atoms. The maximum Gasteiger partial charge on any atom is 0.245 e. The van der Waals surface area contributed by atoms with Crippen molar-refractivity contribution in [1.82, 2.24) is 20.0 Å². The lowest BCUT2D eigenvalue weighted by molar-refractivity contribution is -0.148. The predicted molar refractivity (Wildman–Crippen MR) is 79.3 cm³/mol. The number of amides is 2. The Bertz CT molecular complexity index is 504. The molecule has 1 aromatic heterocycles. The van der Waals surface area contributed by atoms with E-state index in [-0.39, 0.29) is 17.9 Å². The molecule has 0 aliphatic carbocycles. The normalized spacial score (nSPS) is 18.9. The lowest BCUT2D eigenvalue weighted by Gasteiger charge is -2.32. The minimum atomic E-state index is -0.452. The molecule has 6 nitrogen and oxygen atoms in total. The van der Waals surface area contributed by atoms with Gasteiger partial charge in [-0.1, -0.05) is 20.8 Å². The molecule has 1 N–H and O–H groups in total. The average Bonchev–Trinajstić information content (AvgIpc) is 3.06. The van der Waals surface area contributed by atoms with Gasteiger partial charge in [-0.15, -0.1) is 0 Å². The predicted octanol–water partition coefficient (Wildman–Crippen LogP) is 1.41. The fourth-order valence-corrected chi connectivity index (χ4v) is 2.67. The van der Waals surface area contributed by atoms with Crippen LogP contribution in [0.25, 0.3) is 0 Å². The molecule has 116 valence electrons. The maximum absolute atomic E-state index is 12.6. The topological polar surface area (TPSA) is 69.3 Å². The highest BCUT2D eigenvalue weighted by Crippen LogP contribution is 2.26. The van der Waals surface area contributed by atoms with Crippen molar-refractivity contribution in [3.05, 3.63) is 18.0 Å². The van der Waals surface area contributed by atoms with Gasteiger partial charge in [-0.05, 0) is 12.8 Å². The number of nitrogens with one attached hydrogen (secondary N) is 1. The Balaban J connectivity index is 2.05. The zero-order chi connectivity index (χ0) is 15.6. The Hall–Kier alpha value is -1.85. The summed E-state index contributed by atoms with van der Waals surface area (Å²) in [4.78, 5) is 28.5. The van der Waals surface area contributed by atoms with Crippen LogP contribution in [0.2, 0.25) is 0 Å². The lowest BCUT2D eigenvalue weighted by atomic mass is 9.94. The van der Waals surface area contributed by atoms with Crippen molar-refractivity contribution in [2.45, 2.75) is 46.2 Å². The largest absolute Gasteiger partial charge is 0.340 e. The molecule has 0 spiro atoms. The first-order valence-corrected chi connectivity index (χ1v) is 7.34. The van der Waals surface area contributed by atoms with Crippen molar-refractivity contribution >= 4 is 11.8 Å². The number of carbonyl (C=O) groups is 2. The Morgan fingerprint density at radius 2 is 2.19 bits per heavy atom. The summed E-state index contributed by atoms with van der Waals surface area (Å²) in [5.41, 5.74) is 0.504. The third-order valence-electron chi connectivity index (χ3n) is 3.79.